The maximum absolute atomic E-state index is 13.1. The molecule has 0 radical (unpaired) electrons. The Hall–Kier alpha value is -2.54. The van der Waals surface area contributed by atoms with E-state index in [0.29, 0.717) is 18.9 Å². The lowest BCUT2D eigenvalue weighted by molar-refractivity contribution is -0.137. The number of halogens is 3. The van der Waals surface area contributed by atoms with Crippen molar-refractivity contribution < 1.29 is 22.7 Å². The van der Waals surface area contributed by atoms with Crippen molar-refractivity contribution in [2.45, 2.75) is 13.1 Å². The first kappa shape index (κ1) is 18.3. The number of rotatable bonds is 3. The van der Waals surface area contributed by atoms with E-state index in [2.05, 4.69) is 10.2 Å². The topological polar surface area (TPSA) is 41.6 Å². The molecule has 0 bridgehead atoms. The molecule has 1 heterocycles. The van der Waals surface area contributed by atoms with Crippen molar-refractivity contribution in [3.05, 3.63) is 59.2 Å². The highest BCUT2D eigenvalue weighted by molar-refractivity contribution is 6.05. The van der Waals surface area contributed by atoms with Crippen LogP contribution in [0.5, 0.6) is 0 Å². The van der Waals surface area contributed by atoms with Gasteiger partial charge in [0.25, 0.3) is 5.91 Å². The van der Waals surface area contributed by atoms with Gasteiger partial charge in [-0.1, -0.05) is 12.1 Å². The zero-order valence-electron chi connectivity index (χ0n) is 14.3. The lowest BCUT2D eigenvalue weighted by Gasteiger charge is -2.29. The number of hydrogen-bond acceptors (Lipinski definition) is 3. The van der Waals surface area contributed by atoms with Crippen LogP contribution in [0.25, 0.3) is 0 Å². The number of carbonyl (C=O) groups excluding carboxylic acids is 1. The SMILES string of the molecule is Cc1cc(N2CCOCC2)ccc1NC(=O)c1ccccc1C(F)(F)F. The summed E-state index contributed by atoms with van der Waals surface area (Å²) in [4.78, 5) is 14.6. The average molecular weight is 364 g/mol. The number of benzene rings is 2. The molecule has 1 amide bonds. The van der Waals surface area contributed by atoms with Gasteiger partial charge in [0.2, 0.25) is 0 Å². The fourth-order valence-corrected chi connectivity index (χ4v) is 2.92. The van der Waals surface area contributed by atoms with Crippen LogP contribution in [-0.2, 0) is 10.9 Å². The summed E-state index contributed by atoms with van der Waals surface area (Å²) in [5, 5.41) is 2.59. The van der Waals surface area contributed by atoms with Crippen molar-refractivity contribution in [1.29, 1.82) is 0 Å². The van der Waals surface area contributed by atoms with Crippen LogP contribution in [0.1, 0.15) is 21.5 Å². The van der Waals surface area contributed by atoms with E-state index < -0.39 is 23.2 Å². The Morgan fingerprint density at radius 1 is 1.12 bits per heavy atom. The predicted molar refractivity (Wildman–Crippen MR) is 93.6 cm³/mol. The molecule has 1 aliphatic rings. The summed E-state index contributed by atoms with van der Waals surface area (Å²) in [7, 11) is 0. The predicted octanol–water partition coefficient (Wildman–Crippen LogP) is 4.10. The highest BCUT2D eigenvalue weighted by Gasteiger charge is 2.34. The number of aryl methyl sites for hydroxylation is 1. The fourth-order valence-electron chi connectivity index (χ4n) is 2.92. The van der Waals surface area contributed by atoms with Crippen molar-refractivity contribution in [1.82, 2.24) is 0 Å². The maximum Gasteiger partial charge on any atom is 0.417 e. The zero-order chi connectivity index (χ0) is 18.7. The minimum Gasteiger partial charge on any atom is -0.378 e. The minimum absolute atomic E-state index is 0.392. The van der Waals surface area contributed by atoms with E-state index in [1.807, 2.05) is 19.1 Å². The smallest absolute Gasteiger partial charge is 0.378 e. The van der Waals surface area contributed by atoms with E-state index in [1.54, 1.807) is 6.07 Å². The molecule has 0 atom stereocenters. The summed E-state index contributed by atoms with van der Waals surface area (Å²) >= 11 is 0. The quantitative estimate of drug-likeness (QED) is 0.892. The van der Waals surface area contributed by atoms with Crippen LogP contribution in [-0.4, -0.2) is 32.2 Å². The number of morpholine rings is 1. The monoisotopic (exact) mass is 364 g/mol. The van der Waals surface area contributed by atoms with Crippen LogP contribution < -0.4 is 10.2 Å². The van der Waals surface area contributed by atoms with Gasteiger partial charge in [0.05, 0.1) is 24.3 Å². The third kappa shape index (κ3) is 3.99. The van der Waals surface area contributed by atoms with Crippen LogP contribution in [0.4, 0.5) is 24.5 Å². The van der Waals surface area contributed by atoms with Gasteiger partial charge in [-0.05, 0) is 42.8 Å². The van der Waals surface area contributed by atoms with E-state index in [0.717, 1.165) is 30.4 Å². The third-order valence-electron chi connectivity index (χ3n) is 4.31. The van der Waals surface area contributed by atoms with Gasteiger partial charge in [-0.15, -0.1) is 0 Å². The van der Waals surface area contributed by atoms with E-state index in [1.165, 1.54) is 18.2 Å². The van der Waals surface area contributed by atoms with Gasteiger partial charge < -0.3 is 15.0 Å². The van der Waals surface area contributed by atoms with Crippen molar-refractivity contribution in [2.24, 2.45) is 0 Å². The molecule has 7 heteroatoms. The Kier molecular flexibility index (Phi) is 5.18. The molecule has 1 N–H and O–H groups in total. The van der Waals surface area contributed by atoms with Crippen molar-refractivity contribution >= 4 is 17.3 Å². The molecule has 26 heavy (non-hydrogen) atoms. The van der Waals surface area contributed by atoms with Gasteiger partial charge in [-0.3, -0.25) is 4.79 Å². The number of ether oxygens (including phenoxy) is 1. The summed E-state index contributed by atoms with van der Waals surface area (Å²) in [6, 6.07) is 10.2. The Balaban J connectivity index is 1.80. The van der Waals surface area contributed by atoms with E-state index in [9.17, 15) is 18.0 Å². The van der Waals surface area contributed by atoms with Crippen LogP contribution in [0.3, 0.4) is 0 Å². The second-order valence-corrected chi connectivity index (χ2v) is 6.10. The normalized spacial score (nSPS) is 15.0. The minimum atomic E-state index is -4.58. The van der Waals surface area contributed by atoms with Crippen molar-refractivity contribution in [3.63, 3.8) is 0 Å². The largest absolute Gasteiger partial charge is 0.417 e. The summed E-state index contributed by atoms with van der Waals surface area (Å²) in [6.07, 6.45) is -4.58. The lowest BCUT2D eigenvalue weighted by atomic mass is 10.1. The molecule has 1 aliphatic heterocycles. The number of nitrogens with one attached hydrogen (secondary N) is 1. The van der Waals surface area contributed by atoms with Crippen molar-refractivity contribution in [3.8, 4) is 0 Å². The lowest BCUT2D eigenvalue weighted by Crippen LogP contribution is -2.36. The molecule has 0 unspecified atom stereocenters. The summed E-state index contributed by atoms with van der Waals surface area (Å²) in [6.45, 7) is 4.70. The second kappa shape index (κ2) is 7.37. The Labute approximate surface area is 149 Å². The number of anilines is 2. The second-order valence-electron chi connectivity index (χ2n) is 6.10. The van der Waals surface area contributed by atoms with Crippen LogP contribution >= 0.6 is 0 Å². The Morgan fingerprint density at radius 2 is 1.81 bits per heavy atom. The Morgan fingerprint density at radius 3 is 2.46 bits per heavy atom. The van der Waals surface area contributed by atoms with Gasteiger partial charge in [-0.25, -0.2) is 0 Å². The molecule has 0 spiro atoms. The first-order chi connectivity index (χ1) is 12.4. The molecule has 1 fully saturated rings. The molecule has 0 saturated carbocycles. The first-order valence-corrected chi connectivity index (χ1v) is 8.27. The fraction of sp³-hybridized carbons (Fsp3) is 0.316. The van der Waals surface area contributed by atoms with Crippen LogP contribution in [0, 0.1) is 6.92 Å². The molecule has 2 aromatic carbocycles. The Bertz CT molecular complexity index is 800. The van der Waals surface area contributed by atoms with Gasteiger partial charge in [0, 0.05) is 24.5 Å². The molecular formula is C19H19F3N2O2. The molecule has 0 aromatic heterocycles. The molecule has 2 aromatic rings. The van der Waals surface area contributed by atoms with Gasteiger partial charge in [0.1, 0.15) is 0 Å². The van der Waals surface area contributed by atoms with Crippen molar-refractivity contribution in [2.75, 3.05) is 36.5 Å². The van der Waals surface area contributed by atoms with Gasteiger partial charge in [0.15, 0.2) is 0 Å². The highest BCUT2D eigenvalue weighted by Crippen LogP contribution is 2.32. The van der Waals surface area contributed by atoms with Gasteiger partial charge in [-0.2, -0.15) is 13.2 Å². The maximum atomic E-state index is 13.1. The summed E-state index contributed by atoms with van der Waals surface area (Å²) in [5.41, 5.74) is 0.937. The first-order valence-electron chi connectivity index (χ1n) is 8.27. The molecule has 3 rings (SSSR count). The number of carbonyl (C=O) groups is 1. The molecular weight excluding hydrogens is 345 g/mol. The summed E-state index contributed by atoms with van der Waals surface area (Å²) in [5.74, 6) is -0.778. The van der Waals surface area contributed by atoms with E-state index >= 15 is 0 Å². The summed E-state index contributed by atoms with van der Waals surface area (Å²) < 4.78 is 44.6. The average Bonchev–Trinajstić information content (AvgIpc) is 2.63. The standard InChI is InChI=1S/C19H19F3N2O2/c1-13-12-14(24-8-10-26-11-9-24)6-7-17(13)23-18(25)15-4-2-3-5-16(15)19(20,21)22/h2-7,12H,8-11H2,1H3,(H,23,25). The third-order valence-corrected chi connectivity index (χ3v) is 4.31. The zero-order valence-corrected chi connectivity index (χ0v) is 14.3. The van der Waals surface area contributed by atoms with E-state index in [-0.39, 0.29) is 0 Å². The number of hydrogen-bond donors (Lipinski definition) is 1. The molecule has 138 valence electrons. The number of amides is 1. The van der Waals surface area contributed by atoms with Crippen LogP contribution in [0.15, 0.2) is 42.5 Å². The number of alkyl halides is 3. The number of nitrogens with zero attached hydrogens (tertiary/aromatic N) is 1. The molecule has 4 nitrogen and oxygen atoms in total. The van der Waals surface area contributed by atoms with E-state index in [4.69, 9.17) is 4.74 Å². The molecule has 0 aliphatic carbocycles. The van der Waals surface area contributed by atoms with Crippen LogP contribution in [0.2, 0.25) is 0 Å². The van der Waals surface area contributed by atoms with Gasteiger partial charge >= 0.3 is 6.18 Å². The molecule has 1 saturated heterocycles. The highest BCUT2D eigenvalue weighted by atomic mass is 19.4.